The molecular weight excluding hydrogens is 251 g/mol. The summed E-state index contributed by atoms with van der Waals surface area (Å²) in [6.45, 7) is 1.75. The van der Waals surface area contributed by atoms with Crippen LogP contribution in [0, 0.1) is 12.7 Å². The standard InChI is InChI=1S/C12H13FN4O2/c1-7-3-2-4-9(13)11(7)17-6-8(15-16-17)5-10(14)12(18)19/h2-4,6,10H,5,14H2,1H3,(H,18,19). The molecule has 1 unspecified atom stereocenters. The Morgan fingerprint density at radius 1 is 1.58 bits per heavy atom. The van der Waals surface area contributed by atoms with Gasteiger partial charge < -0.3 is 10.8 Å². The van der Waals surface area contributed by atoms with Gasteiger partial charge >= 0.3 is 5.97 Å². The van der Waals surface area contributed by atoms with E-state index in [2.05, 4.69) is 10.3 Å². The minimum Gasteiger partial charge on any atom is -0.480 e. The van der Waals surface area contributed by atoms with Crippen LogP contribution in [-0.2, 0) is 11.2 Å². The number of aliphatic carboxylic acids is 1. The lowest BCUT2D eigenvalue weighted by molar-refractivity contribution is -0.138. The highest BCUT2D eigenvalue weighted by atomic mass is 19.1. The van der Waals surface area contributed by atoms with E-state index in [1.54, 1.807) is 19.1 Å². The molecule has 0 saturated carbocycles. The minimum absolute atomic E-state index is 0.0445. The summed E-state index contributed by atoms with van der Waals surface area (Å²) in [6.07, 6.45) is 1.52. The molecule has 6 nitrogen and oxygen atoms in total. The lowest BCUT2D eigenvalue weighted by atomic mass is 10.2. The van der Waals surface area contributed by atoms with Crippen molar-refractivity contribution in [1.82, 2.24) is 15.0 Å². The summed E-state index contributed by atoms with van der Waals surface area (Å²) in [6, 6.07) is 3.63. The van der Waals surface area contributed by atoms with Crippen LogP contribution in [-0.4, -0.2) is 32.1 Å². The molecule has 3 N–H and O–H groups in total. The Hall–Kier alpha value is -2.28. The third-order valence-electron chi connectivity index (χ3n) is 2.70. The number of carboxylic acid groups (broad SMARTS) is 1. The van der Waals surface area contributed by atoms with Crippen molar-refractivity contribution in [1.29, 1.82) is 0 Å². The van der Waals surface area contributed by atoms with Gasteiger partial charge in [-0.1, -0.05) is 17.3 Å². The molecule has 0 aliphatic carbocycles. The highest BCUT2D eigenvalue weighted by Crippen LogP contribution is 2.17. The van der Waals surface area contributed by atoms with Crippen molar-refractivity contribution in [2.75, 3.05) is 0 Å². The van der Waals surface area contributed by atoms with E-state index in [9.17, 15) is 9.18 Å². The summed E-state index contributed by atoms with van der Waals surface area (Å²) >= 11 is 0. The van der Waals surface area contributed by atoms with E-state index < -0.39 is 17.8 Å². The zero-order valence-electron chi connectivity index (χ0n) is 10.2. The highest BCUT2D eigenvalue weighted by molar-refractivity contribution is 5.73. The highest BCUT2D eigenvalue weighted by Gasteiger charge is 2.16. The fourth-order valence-corrected chi connectivity index (χ4v) is 1.73. The second-order valence-corrected chi connectivity index (χ2v) is 4.21. The average molecular weight is 264 g/mol. The van der Waals surface area contributed by atoms with Gasteiger partial charge in [0.25, 0.3) is 0 Å². The number of para-hydroxylation sites is 1. The van der Waals surface area contributed by atoms with Gasteiger partial charge in [-0.05, 0) is 18.6 Å². The van der Waals surface area contributed by atoms with E-state index in [-0.39, 0.29) is 6.42 Å². The smallest absolute Gasteiger partial charge is 0.320 e. The van der Waals surface area contributed by atoms with Gasteiger partial charge in [0, 0.05) is 6.42 Å². The number of halogens is 1. The number of aryl methyl sites for hydroxylation is 1. The molecule has 0 radical (unpaired) electrons. The summed E-state index contributed by atoms with van der Waals surface area (Å²) in [5.41, 5.74) is 6.81. The summed E-state index contributed by atoms with van der Waals surface area (Å²) in [7, 11) is 0. The number of carboxylic acids is 1. The molecule has 0 aliphatic rings. The van der Waals surface area contributed by atoms with Crippen LogP contribution in [0.5, 0.6) is 0 Å². The van der Waals surface area contributed by atoms with Gasteiger partial charge in [0.15, 0.2) is 0 Å². The Labute approximate surface area is 108 Å². The van der Waals surface area contributed by atoms with Crippen LogP contribution in [0.4, 0.5) is 4.39 Å². The van der Waals surface area contributed by atoms with Crippen molar-refractivity contribution in [2.24, 2.45) is 5.73 Å². The summed E-state index contributed by atoms with van der Waals surface area (Å²) < 4.78 is 15.0. The van der Waals surface area contributed by atoms with Crippen molar-refractivity contribution in [3.8, 4) is 5.69 Å². The SMILES string of the molecule is Cc1cccc(F)c1-n1cc(CC(N)C(=O)O)nn1. The molecule has 1 atom stereocenters. The first-order valence-corrected chi connectivity index (χ1v) is 5.64. The van der Waals surface area contributed by atoms with Gasteiger partial charge in [-0.15, -0.1) is 5.10 Å². The van der Waals surface area contributed by atoms with Crippen LogP contribution in [0.2, 0.25) is 0 Å². The maximum absolute atomic E-state index is 13.7. The lowest BCUT2D eigenvalue weighted by Gasteiger charge is -2.05. The van der Waals surface area contributed by atoms with Crippen LogP contribution >= 0.6 is 0 Å². The third kappa shape index (κ3) is 2.76. The number of nitrogens with two attached hydrogens (primary N) is 1. The zero-order chi connectivity index (χ0) is 14.0. The lowest BCUT2D eigenvalue weighted by Crippen LogP contribution is -2.32. The molecule has 0 fully saturated rings. The number of hydrogen-bond acceptors (Lipinski definition) is 4. The first-order chi connectivity index (χ1) is 8.99. The average Bonchev–Trinajstić information content (AvgIpc) is 2.77. The molecular formula is C12H13FN4O2. The molecule has 0 bridgehead atoms. The molecule has 19 heavy (non-hydrogen) atoms. The van der Waals surface area contributed by atoms with E-state index in [1.807, 2.05) is 0 Å². The minimum atomic E-state index is -1.11. The van der Waals surface area contributed by atoms with E-state index in [0.717, 1.165) is 0 Å². The Kier molecular flexibility index (Phi) is 3.57. The maximum Gasteiger partial charge on any atom is 0.320 e. The maximum atomic E-state index is 13.7. The van der Waals surface area contributed by atoms with Crippen molar-refractivity contribution in [3.63, 3.8) is 0 Å². The van der Waals surface area contributed by atoms with E-state index in [0.29, 0.717) is 16.9 Å². The Morgan fingerprint density at radius 3 is 2.95 bits per heavy atom. The second-order valence-electron chi connectivity index (χ2n) is 4.21. The summed E-state index contributed by atoms with van der Waals surface area (Å²) in [4.78, 5) is 10.6. The van der Waals surface area contributed by atoms with Gasteiger partial charge in [0.05, 0.1) is 11.9 Å². The number of carbonyl (C=O) groups is 1. The number of benzene rings is 1. The normalized spacial score (nSPS) is 12.4. The molecule has 1 aromatic carbocycles. The molecule has 0 amide bonds. The molecule has 2 aromatic rings. The van der Waals surface area contributed by atoms with Crippen LogP contribution in [0.3, 0.4) is 0 Å². The van der Waals surface area contributed by atoms with Crippen LogP contribution in [0.1, 0.15) is 11.3 Å². The van der Waals surface area contributed by atoms with Gasteiger partial charge in [-0.25, -0.2) is 9.07 Å². The number of aromatic nitrogens is 3. The largest absolute Gasteiger partial charge is 0.480 e. The van der Waals surface area contributed by atoms with Crippen molar-refractivity contribution >= 4 is 5.97 Å². The van der Waals surface area contributed by atoms with Gasteiger partial charge in [0.2, 0.25) is 0 Å². The molecule has 7 heteroatoms. The summed E-state index contributed by atoms with van der Waals surface area (Å²) in [5, 5.41) is 16.3. The zero-order valence-corrected chi connectivity index (χ0v) is 10.2. The molecule has 0 spiro atoms. The fourth-order valence-electron chi connectivity index (χ4n) is 1.73. The number of nitrogens with zero attached hydrogens (tertiary/aromatic N) is 3. The quantitative estimate of drug-likeness (QED) is 0.846. The third-order valence-corrected chi connectivity index (χ3v) is 2.70. The van der Waals surface area contributed by atoms with Gasteiger partial charge in [-0.2, -0.15) is 0 Å². The molecule has 1 heterocycles. The molecule has 100 valence electrons. The van der Waals surface area contributed by atoms with E-state index in [1.165, 1.54) is 16.9 Å². The number of hydrogen-bond donors (Lipinski definition) is 2. The molecule has 0 aliphatic heterocycles. The van der Waals surface area contributed by atoms with Crippen molar-refractivity contribution < 1.29 is 14.3 Å². The topological polar surface area (TPSA) is 94.0 Å². The second kappa shape index (κ2) is 5.15. The monoisotopic (exact) mass is 264 g/mol. The molecule has 2 rings (SSSR count). The Balaban J connectivity index is 2.29. The van der Waals surface area contributed by atoms with Crippen LogP contribution < -0.4 is 5.73 Å². The molecule has 0 saturated heterocycles. The van der Waals surface area contributed by atoms with E-state index >= 15 is 0 Å². The van der Waals surface area contributed by atoms with Gasteiger partial charge in [0.1, 0.15) is 17.5 Å². The predicted molar refractivity (Wildman–Crippen MR) is 65.4 cm³/mol. The molecule has 1 aromatic heterocycles. The predicted octanol–water partition coefficient (Wildman–Crippen LogP) is 0.669. The van der Waals surface area contributed by atoms with Crippen molar-refractivity contribution in [3.05, 3.63) is 41.5 Å². The van der Waals surface area contributed by atoms with Gasteiger partial charge in [-0.3, -0.25) is 4.79 Å². The Bertz CT molecular complexity index is 591. The first-order valence-electron chi connectivity index (χ1n) is 5.64. The first kappa shape index (κ1) is 13.2. The fraction of sp³-hybridized carbons (Fsp3) is 0.250. The van der Waals surface area contributed by atoms with Crippen LogP contribution in [0.25, 0.3) is 5.69 Å². The van der Waals surface area contributed by atoms with Crippen LogP contribution in [0.15, 0.2) is 24.4 Å². The summed E-state index contributed by atoms with van der Waals surface area (Å²) in [5.74, 6) is -1.53. The van der Waals surface area contributed by atoms with Crippen molar-refractivity contribution in [2.45, 2.75) is 19.4 Å². The van der Waals surface area contributed by atoms with E-state index in [4.69, 9.17) is 10.8 Å². The number of rotatable bonds is 4. The Morgan fingerprint density at radius 2 is 2.32 bits per heavy atom.